The van der Waals surface area contributed by atoms with E-state index in [0.29, 0.717) is 13.2 Å². The summed E-state index contributed by atoms with van der Waals surface area (Å²) in [6, 6.07) is 16.0. The minimum atomic E-state index is 0.531. The monoisotopic (exact) mass is 257 g/mol. The number of ether oxygens (including phenoxy) is 2. The first kappa shape index (κ1) is 13.4. The van der Waals surface area contributed by atoms with E-state index in [0.717, 1.165) is 23.5 Å². The standard InChI is InChI=1S/C16H19NO2/c1-18-15-4-2-3-5-16(15)19-12-14-8-6-13(7-9-14)10-11-17/h2-9H,10-12,17H2,1H3. The molecule has 2 aromatic carbocycles. The molecular formula is C16H19NO2. The lowest BCUT2D eigenvalue weighted by atomic mass is 10.1. The quantitative estimate of drug-likeness (QED) is 0.865. The van der Waals surface area contributed by atoms with Gasteiger partial charge in [0.05, 0.1) is 7.11 Å². The van der Waals surface area contributed by atoms with Gasteiger partial charge in [0.1, 0.15) is 6.61 Å². The van der Waals surface area contributed by atoms with Crippen LogP contribution in [-0.2, 0) is 13.0 Å². The normalized spacial score (nSPS) is 10.2. The molecule has 0 radical (unpaired) electrons. The van der Waals surface area contributed by atoms with Crippen molar-refractivity contribution in [3.05, 3.63) is 59.7 Å². The van der Waals surface area contributed by atoms with Gasteiger partial charge in [-0.1, -0.05) is 36.4 Å². The fourth-order valence-corrected chi connectivity index (χ4v) is 1.87. The van der Waals surface area contributed by atoms with Crippen LogP contribution in [0.1, 0.15) is 11.1 Å². The lowest BCUT2D eigenvalue weighted by molar-refractivity contribution is 0.284. The fraction of sp³-hybridized carbons (Fsp3) is 0.250. The van der Waals surface area contributed by atoms with Crippen LogP contribution < -0.4 is 15.2 Å². The van der Waals surface area contributed by atoms with Gasteiger partial charge in [0.2, 0.25) is 0 Å². The highest BCUT2D eigenvalue weighted by Gasteiger charge is 2.02. The van der Waals surface area contributed by atoms with Crippen LogP contribution in [0.3, 0.4) is 0 Å². The third-order valence-corrected chi connectivity index (χ3v) is 2.92. The van der Waals surface area contributed by atoms with Gasteiger partial charge in [0.15, 0.2) is 11.5 Å². The van der Waals surface area contributed by atoms with E-state index in [2.05, 4.69) is 24.3 Å². The highest BCUT2D eigenvalue weighted by Crippen LogP contribution is 2.26. The number of benzene rings is 2. The highest BCUT2D eigenvalue weighted by atomic mass is 16.5. The maximum atomic E-state index is 5.76. The molecule has 3 nitrogen and oxygen atoms in total. The summed E-state index contributed by atoms with van der Waals surface area (Å²) in [7, 11) is 1.64. The van der Waals surface area contributed by atoms with Crippen LogP contribution >= 0.6 is 0 Å². The lowest BCUT2D eigenvalue weighted by Crippen LogP contribution is -2.03. The van der Waals surface area contributed by atoms with Gasteiger partial charge in [-0.05, 0) is 36.2 Å². The third kappa shape index (κ3) is 3.73. The molecule has 0 aliphatic heterocycles. The van der Waals surface area contributed by atoms with Crippen LogP contribution in [0.4, 0.5) is 0 Å². The van der Waals surface area contributed by atoms with Crippen molar-refractivity contribution in [2.24, 2.45) is 5.73 Å². The number of para-hydroxylation sites is 2. The predicted octanol–water partition coefficient (Wildman–Crippen LogP) is 2.78. The molecule has 0 fully saturated rings. The summed E-state index contributed by atoms with van der Waals surface area (Å²) in [5.41, 5.74) is 7.91. The molecule has 2 rings (SSSR count). The highest BCUT2D eigenvalue weighted by molar-refractivity contribution is 5.39. The Balaban J connectivity index is 1.98. The summed E-state index contributed by atoms with van der Waals surface area (Å²) >= 11 is 0. The van der Waals surface area contributed by atoms with E-state index < -0.39 is 0 Å². The maximum Gasteiger partial charge on any atom is 0.161 e. The molecule has 0 bridgehead atoms. The van der Waals surface area contributed by atoms with Crippen LogP contribution in [0.2, 0.25) is 0 Å². The topological polar surface area (TPSA) is 44.5 Å². The molecule has 0 aromatic heterocycles. The van der Waals surface area contributed by atoms with Crippen molar-refractivity contribution in [1.82, 2.24) is 0 Å². The van der Waals surface area contributed by atoms with Crippen molar-refractivity contribution in [2.75, 3.05) is 13.7 Å². The second-order valence-corrected chi connectivity index (χ2v) is 4.29. The summed E-state index contributed by atoms with van der Waals surface area (Å²) in [4.78, 5) is 0. The van der Waals surface area contributed by atoms with Crippen LogP contribution in [0, 0.1) is 0 Å². The molecule has 0 spiro atoms. The van der Waals surface area contributed by atoms with Crippen LogP contribution in [0.25, 0.3) is 0 Å². The second kappa shape index (κ2) is 6.81. The van der Waals surface area contributed by atoms with Gasteiger partial charge in [-0.3, -0.25) is 0 Å². The third-order valence-electron chi connectivity index (χ3n) is 2.92. The summed E-state index contributed by atoms with van der Waals surface area (Å²) in [6.07, 6.45) is 0.910. The van der Waals surface area contributed by atoms with Gasteiger partial charge in [-0.15, -0.1) is 0 Å². The average molecular weight is 257 g/mol. The molecule has 0 amide bonds. The lowest BCUT2D eigenvalue weighted by Gasteiger charge is -2.10. The number of hydrogen-bond acceptors (Lipinski definition) is 3. The largest absolute Gasteiger partial charge is 0.493 e. The Labute approximate surface area is 114 Å². The molecule has 0 unspecified atom stereocenters. The maximum absolute atomic E-state index is 5.76. The average Bonchev–Trinajstić information content (AvgIpc) is 2.47. The summed E-state index contributed by atoms with van der Waals surface area (Å²) in [6.45, 7) is 1.21. The number of rotatable bonds is 6. The zero-order valence-electron chi connectivity index (χ0n) is 11.1. The first-order chi connectivity index (χ1) is 9.33. The molecule has 3 heteroatoms. The predicted molar refractivity (Wildman–Crippen MR) is 76.5 cm³/mol. The van der Waals surface area contributed by atoms with E-state index in [1.807, 2.05) is 24.3 Å². The molecule has 0 saturated heterocycles. The van der Waals surface area contributed by atoms with Crippen LogP contribution in [0.5, 0.6) is 11.5 Å². The van der Waals surface area contributed by atoms with E-state index >= 15 is 0 Å². The number of hydrogen-bond donors (Lipinski definition) is 1. The van der Waals surface area contributed by atoms with E-state index in [9.17, 15) is 0 Å². The van der Waals surface area contributed by atoms with Gasteiger partial charge in [0, 0.05) is 0 Å². The summed E-state index contributed by atoms with van der Waals surface area (Å²) < 4.78 is 11.0. The van der Waals surface area contributed by atoms with Gasteiger partial charge in [-0.2, -0.15) is 0 Å². The van der Waals surface area contributed by atoms with E-state index in [1.54, 1.807) is 7.11 Å². The molecule has 2 N–H and O–H groups in total. The minimum absolute atomic E-state index is 0.531. The Hall–Kier alpha value is -2.00. The van der Waals surface area contributed by atoms with Gasteiger partial charge in [0.25, 0.3) is 0 Å². The smallest absolute Gasteiger partial charge is 0.161 e. The molecule has 0 saturated carbocycles. The SMILES string of the molecule is COc1ccccc1OCc1ccc(CCN)cc1. The Bertz CT molecular complexity index is 508. The van der Waals surface area contributed by atoms with Crippen molar-refractivity contribution in [2.45, 2.75) is 13.0 Å². The number of nitrogens with two attached hydrogens (primary N) is 1. The van der Waals surface area contributed by atoms with Crippen molar-refractivity contribution >= 4 is 0 Å². The molecule has 0 aliphatic carbocycles. The molecule has 0 heterocycles. The Morgan fingerprint density at radius 1 is 0.895 bits per heavy atom. The van der Waals surface area contributed by atoms with Crippen LogP contribution in [-0.4, -0.2) is 13.7 Å². The minimum Gasteiger partial charge on any atom is -0.493 e. The molecular weight excluding hydrogens is 238 g/mol. The van der Waals surface area contributed by atoms with Crippen molar-refractivity contribution in [1.29, 1.82) is 0 Å². The molecule has 100 valence electrons. The zero-order chi connectivity index (χ0) is 13.5. The first-order valence-electron chi connectivity index (χ1n) is 6.37. The van der Waals surface area contributed by atoms with Gasteiger partial charge >= 0.3 is 0 Å². The van der Waals surface area contributed by atoms with Crippen molar-refractivity contribution in [3.63, 3.8) is 0 Å². The Morgan fingerprint density at radius 3 is 2.16 bits per heavy atom. The summed E-state index contributed by atoms with van der Waals surface area (Å²) in [5.74, 6) is 1.51. The molecule has 0 atom stereocenters. The summed E-state index contributed by atoms with van der Waals surface area (Å²) in [5, 5.41) is 0. The van der Waals surface area contributed by atoms with Gasteiger partial charge < -0.3 is 15.2 Å². The fourth-order valence-electron chi connectivity index (χ4n) is 1.87. The van der Waals surface area contributed by atoms with Crippen molar-refractivity contribution in [3.8, 4) is 11.5 Å². The van der Waals surface area contributed by atoms with E-state index in [-0.39, 0.29) is 0 Å². The Morgan fingerprint density at radius 2 is 1.53 bits per heavy atom. The van der Waals surface area contributed by atoms with Crippen molar-refractivity contribution < 1.29 is 9.47 Å². The Kier molecular flexibility index (Phi) is 4.81. The first-order valence-corrected chi connectivity index (χ1v) is 6.37. The van der Waals surface area contributed by atoms with Crippen LogP contribution in [0.15, 0.2) is 48.5 Å². The number of methoxy groups -OCH3 is 1. The molecule has 2 aromatic rings. The van der Waals surface area contributed by atoms with E-state index in [4.69, 9.17) is 15.2 Å². The second-order valence-electron chi connectivity index (χ2n) is 4.29. The molecule has 0 aliphatic rings. The van der Waals surface area contributed by atoms with E-state index in [1.165, 1.54) is 5.56 Å². The molecule has 19 heavy (non-hydrogen) atoms. The zero-order valence-corrected chi connectivity index (χ0v) is 11.1. The van der Waals surface area contributed by atoms with Gasteiger partial charge in [-0.25, -0.2) is 0 Å².